The maximum Gasteiger partial charge on any atom is 0.175 e. The maximum atomic E-state index is 5.94. The summed E-state index contributed by atoms with van der Waals surface area (Å²) in [6.45, 7) is 1.99. The van der Waals surface area contributed by atoms with Crippen molar-refractivity contribution in [3.63, 3.8) is 0 Å². The van der Waals surface area contributed by atoms with E-state index in [2.05, 4.69) is 15.5 Å². The lowest BCUT2D eigenvalue weighted by Gasteiger charge is -2.15. The number of nitrogens with zero attached hydrogens (tertiary/aromatic N) is 1. The number of hydrogen-bond donors (Lipinski definition) is 2. The van der Waals surface area contributed by atoms with Gasteiger partial charge in [0.1, 0.15) is 0 Å². The molecule has 0 aliphatic carbocycles. The van der Waals surface area contributed by atoms with Gasteiger partial charge in [-0.25, -0.2) is 0 Å². The second-order valence-electron chi connectivity index (χ2n) is 4.98. The zero-order valence-corrected chi connectivity index (χ0v) is 13.8. The van der Waals surface area contributed by atoms with Gasteiger partial charge < -0.3 is 15.5 Å². The zero-order valence-electron chi connectivity index (χ0n) is 12.3. The first-order chi connectivity index (χ1) is 9.95. The molecule has 0 amide bonds. The Morgan fingerprint density at radius 1 is 1.05 bits per heavy atom. The van der Waals surface area contributed by atoms with Crippen LogP contribution in [0.5, 0.6) is 0 Å². The Morgan fingerprint density at radius 3 is 2.29 bits per heavy atom. The van der Waals surface area contributed by atoms with Crippen LogP contribution in [0.3, 0.4) is 0 Å². The molecule has 0 fully saturated rings. The van der Waals surface area contributed by atoms with Crippen LogP contribution in [0, 0.1) is 6.92 Å². The van der Waals surface area contributed by atoms with Gasteiger partial charge in [-0.3, -0.25) is 0 Å². The summed E-state index contributed by atoms with van der Waals surface area (Å²) in [4.78, 5) is 2.05. The van der Waals surface area contributed by atoms with E-state index < -0.39 is 0 Å². The molecule has 110 valence electrons. The largest absolute Gasteiger partial charge is 0.378 e. The van der Waals surface area contributed by atoms with E-state index in [-0.39, 0.29) is 0 Å². The summed E-state index contributed by atoms with van der Waals surface area (Å²) in [5.41, 5.74) is 4.09. The van der Waals surface area contributed by atoms with Crippen LogP contribution in [0.1, 0.15) is 5.56 Å². The Bertz CT molecular complexity index is 638. The summed E-state index contributed by atoms with van der Waals surface area (Å²) in [7, 11) is 4.02. The Kier molecular flexibility index (Phi) is 5.04. The van der Waals surface area contributed by atoms with Crippen LogP contribution in [0.15, 0.2) is 42.5 Å². The van der Waals surface area contributed by atoms with E-state index in [1.165, 1.54) is 0 Å². The minimum Gasteiger partial charge on any atom is -0.378 e. The molecule has 3 nitrogen and oxygen atoms in total. The fourth-order valence-electron chi connectivity index (χ4n) is 1.89. The predicted molar refractivity (Wildman–Crippen MR) is 96.8 cm³/mol. The molecule has 0 saturated heterocycles. The van der Waals surface area contributed by atoms with Crippen molar-refractivity contribution in [2.24, 2.45) is 0 Å². The third kappa shape index (κ3) is 4.34. The van der Waals surface area contributed by atoms with Crippen LogP contribution < -0.4 is 15.5 Å². The first kappa shape index (κ1) is 15.6. The molecule has 0 saturated carbocycles. The van der Waals surface area contributed by atoms with Gasteiger partial charge in [-0.15, -0.1) is 0 Å². The van der Waals surface area contributed by atoms with Crippen LogP contribution in [-0.4, -0.2) is 19.2 Å². The molecular formula is C16H18ClN3S. The van der Waals surface area contributed by atoms with Gasteiger partial charge >= 0.3 is 0 Å². The maximum absolute atomic E-state index is 5.94. The molecule has 2 N–H and O–H groups in total. The second kappa shape index (κ2) is 6.78. The van der Waals surface area contributed by atoms with Crippen LogP contribution in [-0.2, 0) is 0 Å². The lowest BCUT2D eigenvalue weighted by Crippen LogP contribution is -2.19. The number of rotatable bonds is 3. The van der Waals surface area contributed by atoms with Gasteiger partial charge in [0.2, 0.25) is 0 Å². The van der Waals surface area contributed by atoms with Crippen molar-refractivity contribution in [1.29, 1.82) is 0 Å². The standard InChI is InChI=1S/C16H18ClN3S/c1-11-10-12(17)4-9-15(11)19-16(21)18-13-5-7-14(8-6-13)20(2)3/h4-10H,1-3H3,(H2,18,19,21). The molecule has 0 unspecified atom stereocenters. The molecule has 0 radical (unpaired) electrons. The first-order valence-electron chi connectivity index (χ1n) is 6.57. The topological polar surface area (TPSA) is 27.3 Å². The SMILES string of the molecule is Cc1cc(Cl)ccc1NC(=S)Nc1ccc(N(C)C)cc1. The summed E-state index contributed by atoms with van der Waals surface area (Å²) in [5, 5.41) is 7.61. The molecule has 0 bridgehead atoms. The second-order valence-corrected chi connectivity index (χ2v) is 5.82. The zero-order chi connectivity index (χ0) is 15.4. The summed E-state index contributed by atoms with van der Waals surface area (Å²) in [6.07, 6.45) is 0. The van der Waals surface area contributed by atoms with Crippen LogP contribution >= 0.6 is 23.8 Å². The Labute approximate surface area is 135 Å². The van der Waals surface area contributed by atoms with Gasteiger partial charge in [0.25, 0.3) is 0 Å². The minimum absolute atomic E-state index is 0.554. The molecule has 0 aliphatic heterocycles. The molecule has 0 atom stereocenters. The summed E-state index contributed by atoms with van der Waals surface area (Å²) in [5.74, 6) is 0. The quantitative estimate of drug-likeness (QED) is 0.813. The predicted octanol–water partition coefficient (Wildman–Crippen LogP) is 4.52. The molecule has 21 heavy (non-hydrogen) atoms. The Hall–Kier alpha value is -1.78. The van der Waals surface area contributed by atoms with E-state index in [1.54, 1.807) is 0 Å². The van der Waals surface area contributed by atoms with Gasteiger partial charge in [0.15, 0.2) is 5.11 Å². The van der Waals surface area contributed by atoms with Gasteiger partial charge in [-0.2, -0.15) is 0 Å². The fraction of sp³-hybridized carbons (Fsp3) is 0.188. The van der Waals surface area contributed by atoms with E-state index in [4.69, 9.17) is 23.8 Å². The highest BCUT2D eigenvalue weighted by Gasteiger charge is 2.03. The third-order valence-corrected chi connectivity index (χ3v) is 3.52. The average molecular weight is 320 g/mol. The van der Waals surface area contributed by atoms with Crippen LogP contribution in [0.2, 0.25) is 5.02 Å². The molecule has 2 aromatic carbocycles. The van der Waals surface area contributed by atoms with Crippen LogP contribution in [0.4, 0.5) is 17.1 Å². The average Bonchev–Trinajstić information content (AvgIpc) is 2.42. The molecule has 0 heterocycles. The fourth-order valence-corrected chi connectivity index (χ4v) is 2.35. The smallest absolute Gasteiger partial charge is 0.175 e. The van der Waals surface area contributed by atoms with E-state index in [9.17, 15) is 0 Å². The molecule has 0 spiro atoms. The number of aryl methyl sites for hydroxylation is 1. The van der Waals surface area contributed by atoms with Crippen molar-refractivity contribution >= 4 is 46.0 Å². The van der Waals surface area contributed by atoms with E-state index in [0.717, 1.165) is 27.6 Å². The highest BCUT2D eigenvalue weighted by atomic mass is 35.5. The summed E-state index contributed by atoms with van der Waals surface area (Å²) < 4.78 is 0. The third-order valence-electron chi connectivity index (χ3n) is 3.08. The molecule has 2 rings (SSSR count). The number of thiocarbonyl (C=S) groups is 1. The van der Waals surface area contributed by atoms with E-state index in [0.29, 0.717) is 5.11 Å². The molecule has 2 aromatic rings. The van der Waals surface area contributed by atoms with Crippen molar-refractivity contribution in [2.75, 3.05) is 29.6 Å². The number of benzene rings is 2. The highest BCUT2D eigenvalue weighted by Crippen LogP contribution is 2.20. The van der Waals surface area contributed by atoms with Crippen molar-refractivity contribution < 1.29 is 0 Å². The molecular weight excluding hydrogens is 302 g/mol. The van der Waals surface area contributed by atoms with E-state index in [1.807, 2.05) is 63.5 Å². The van der Waals surface area contributed by atoms with E-state index >= 15 is 0 Å². The summed E-state index contributed by atoms with van der Waals surface area (Å²) in [6, 6.07) is 13.7. The highest BCUT2D eigenvalue weighted by molar-refractivity contribution is 7.80. The minimum atomic E-state index is 0.554. The van der Waals surface area contributed by atoms with Crippen molar-refractivity contribution in [3.8, 4) is 0 Å². The van der Waals surface area contributed by atoms with Gasteiger partial charge in [-0.05, 0) is 67.2 Å². The molecule has 5 heteroatoms. The van der Waals surface area contributed by atoms with Crippen molar-refractivity contribution in [1.82, 2.24) is 0 Å². The molecule has 0 aliphatic rings. The van der Waals surface area contributed by atoms with Crippen LogP contribution in [0.25, 0.3) is 0 Å². The number of halogens is 1. The van der Waals surface area contributed by atoms with Gasteiger partial charge in [0.05, 0.1) is 0 Å². The monoisotopic (exact) mass is 319 g/mol. The molecule has 0 aromatic heterocycles. The van der Waals surface area contributed by atoms with Gasteiger partial charge in [0, 0.05) is 36.2 Å². The lowest BCUT2D eigenvalue weighted by atomic mass is 10.2. The number of hydrogen-bond acceptors (Lipinski definition) is 2. The van der Waals surface area contributed by atoms with Crippen molar-refractivity contribution in [2.45, 2.75) is 6.92 Å². The van der Waals surface area contributed by atoms with Crippen molar-refractivity contribution in [3.05, 3.63) is 53.1 Å². The lowest BCUT2D eigenvalue weighted by molar-refractivity contribution is 1.13. The van der Waals surface area contributed by atoms with Gasteiger partial charge in [-0.1, -0.05) is 11.6 Å². The number of anilines is 3. The first-order valence-corrected chi connectivity index (χ1v) is 7.36. The Morgan fingerprint density at radius 2 is 1.71 bits per heavy atom. The summed E-state index contributed by atoms with van der Waals surface area (Å²) >= 11 is 11.3. The number of nitrogens with one attached hydrogen (secondary N) is 2. The Balaban J connectivity index is 2.01. The normalized spacial score (nSPS) is 10.1.